The third-order valence-corrected chi connectivity index (χ3v) is 4.41. The van der Waals surface area contributed by atoms with E-state index in [0.717, 1.165) is 28.6 Å². The van der Waals surface area contributed by atoms with Crippen molar-refractivity contribution in [2.24, 2.45) is 0 Å². The Labute approximate surface area is 121 Å². The highest BCUT2D eigenvalue weighted by molar-refractivity contribution is 7.18. The summed E-state index contributed by atoms with van der Waals surface area (Å²) in [6, 6.07) is 8.39. The fraction of sp³-hybridized carbons (Fsp3) is 0.333. The molecule has 0 radical (unpaired) electrons. The van der Waals surface area contributed by atoms with Gasteiger partial charge in [-0.25, -0.2) is 9.97 Å². The molecule has 1 atom stereocenters. The number of hydrogen-bond donors (Lipinski definition) is 1. The maximum absolute atomic E-state index is 5.59. The van der Waals surface area contributed by atoms with Crippen molar-refractivity contribution in [3.05, 3.63) is 47.1 Å². The van der Waals surface area contributed by atoms with Gasteiger partial charge in [-0.05, 0) is 19.1 Å². The van der Waals surface area contributed by atoms with Crippen molar-refractivity contribution in [3.8, 4) is 0 Å². The second-order valence-electron chi connectivity index (χ2n) is 4.70. The average Bonchev–Trinajstić information content (AvgIpc) is 3.10. The normalized spacial score (nSPS) is 12.9. The minimum absolute atomic E-state index is 0.185. The zero-order valence-electron chi connectivity index (χ0n) is 11.6. The molecule has 0 aliphatic carbocycles. The largest absolute Gasteiger partial charge is 0.444 e. The second kappa shape index (κ2) is 5.73. The lowest BCUT2D eigenvalue weighted by Gasteiger charge is -2.08. The monoisotopic (exact) mass is 287 g/mol. The first-order chi connectivity index (χ1) is 9.76. The summed E-state index contributed by atoms with van der Waals surface area (Å²) in [6.45, 7) is 4.79. The summed E-state index contributed by atoms with van der Waals surface area (Å²) in [5.41, 5.74) is 1.06. The molecule has 0 bridgehead atoms. The van der Waals surface area contributed by atoms with Crippen LogP contribution in [-0.4, -0.2) is 9.97 Å². The van der Waals surface area contributed by atoms with E-state index in [1.807, 2.05) is 18.2 Å². The topological polar surface area (TPSA) is 51.0 Å². The highest BCUT2D eigenvalue weighted by atomic mass is 32.1. The Morgan fingerprint density at radius 1 is 1.35 bits per heavy atom. The third kappa shape index (κ3) is 2.73. The molecule has 0 amide bonds. The van der Waals surface area contributed by atoms with Gasteiger partial charge < -0.3 is 4.42 Å². The Kier molecular flexibility index (Phi) is 3.80. The van der Waals surface area contributed by atoms with Gasteiger partial charge in [0, 0.05) is 6.42 Å². The lowest BCUT2D eigenvalue weighted by atomic mass is 10.3. The molecule has 0 saturated carbocycles. The number of benzene rings is 1. The van der Waals surface area contributed by atoms with Gasteiger partial charge in [0.25, 0.3) is 0 Å². The molecule has 20 heavy (non-hydrogen) atoms. The standard InChI is InChI=1S/C15H17N3OS/c1-3-11-8-17-14(19-11)9-16-10(2)15-18-12-6-4-5-7-13(12)20-15/h4-8,10,16H,3,9H2,1-2H3. The van der Waals surface area contributed by atoms with Gasteiger partial charge in [-0.3, -0.25) is 5.32 Å². The number of para-hydroxylation sites is 1. The molecule has 0 aliphatic rings. The zero-order valence-corrected chi connectivity index (χ0v) is 12.4. The summed E-state index contributed by atoms with van der Waals surface area (Å²) in [5.74, 6) is 1.66. The van der Waals surface area contributed by atoms with E-state index in [0.29, 0.717) is 6.54 Å². The van der Waals surface area contributed by atoms with Gasteiger partial charge in [-0.15, -0.1) is 11.3 Å². The van der Waals surface area contributed by atoms with Crippen LogP contribution in [0.3, 0.4) is 0 Å². The van der Waals surface area contributed by atoms with E-state index in [-0.39, 0.29) is 6.04 Å². The van der Waals surface area contributed by atoms with Crippen molar-refractivity contribution in [2.75, 3.05) is 0 Å². The van der Waals surface area contributed by atoms with Crippen LogP contribution in [-0.2, 0) is 13.0 Å². The Morgan fingerprint density at radius 2 is 2.20 bits per heavy atom. The van der Waals surface area contributed by atoms with Crippen molar-refractivity contribution >= 4 is 21.6 Å². The first-order valence-corrected chi connectivity index (χ1v) is 7.60. The summed E-state index contributed by atoms with van der Waals surface area (Å²) in [6.07, 6.45) is 2.67. The summed E-state index contributed by atoms with van der Waals surface area (Å²) < 4.78 is 6.81. The van der Waals surface area contributed by atoms with Crippen LogP contribution in [0.2, 0.25) is 0 Å². The van der Waals surface area contributed by atoms with E-state index in [2.05, 4.69) is 35.2 Å². The van der Waals surface area contributed by atoms with E-state index in [9.17, 15) is 0 Å². The minimum Gasteiger partial charge on any atom is -0.444 e. The zero-order chi connectivity index (χ0) is 13.9. The van der Waals surface area contributed by atoms with Gasteiger partial charge in [-0.1, -0.05) is 19.1 Å². The van der Waals surface area contributed by atoms with Crippen LogP contribution in [0.15, 0.2) is 34.9 Å². The number of thiazole rings is 1. The summed E-state index contributed by atoms with van der Waals surface area (Å²) in [5, 5.41) is 4.50. The maximum atomic E-state index is 5.59. The van der Waals surface area contributed by atoms with Crippen LogP contribution < -0.4 is 5.32 Å². The van der Waals surface area contributed by atoms with E-state index in [1.165, 1.54) is 4.70 Å². The SMILES string of the molecule is CCc1cnc(CNC(C)c2nc3ccccc3s2)o1. The Hall–Kier alpha value is -1.72. The number of oxazole rings is 1. The van der Waals surface area contributed by atoms with Crippen LogP contribution in [0.25, 0.3) is 10.2 Å². The molecule has 1 N–H and O–H groups in total. The molecule has 3 rings (SSSR count). The smallest absolute Gasteiger partial charge is 0.208 e. The molecular formula is C15H17N3OS. The molecule has 4 nitrogen and oxygen atoms in total. The summed E-state index contributed by atoms with van der Waals surface area (Å²) in [4.78, 5) is 8.90. The van der Waals surface area contributed by atoms with Crippen LogP contribution >= 0.6 is 11.3 Å². The van der Waals surface area contributed by atoms with Gasteiger partial charge in [-0.2, -0.15) is 0 Å². The van der Waals surface area contributed by atoms with E-state index < -0.39 is 0 Å². The fourth-order valence-corrected chi connectivity index (χ4v) is 2.99. The van der Waals surface area contributed by atoms with Crippen molar-refractivity contribution in [3.63, 3.8) is 0 Å². The van der Waals surface area contributed by atoms with Crippen LogP contribution in [0, 0.1) is 0 Å². The number of fused-ring (bicyclic) bond motifs is 1. The Morgan fingerprint density at radius 3 is 2.95 bits per heavy atom. The second-order valence-corrected chi connectivity index (χ2v) is 5.76. The Bertz CT molecular complexity index is 671. The molecule has 2 heterocycles. The number of rotatable bonds is 5. The average molecular weight is 287 g/mol. The Balaban J connectivity index is 1.67. The minimum atomic E-state index is 0.185. The van der Waals surface area contributed by atoms with Gasteiger partial charge in [0.2, 0.25) is 5.89 Å². The molecular weight excluding hydrogens is 270 g/mol. The van der Waals surface area contributed by atoms with Crippen LogP contribution in [0.5, 0.6) is 0 Å². The first-order valence-electron chi connectivity index (χ1n) is 6.78. The van der Waals surface area contributed by atoms with Crippen LogP contribution in [0.4, 0.5) is 0 Å². The molecule has 0 fully saturated rings. The lowest BCUT2D eigenvalue weighted by Crippen LogP contribution is -2.18. The quantitative estimate of drug-likeness (QED) is 0.777. The molecule has 0 saturated heterocycles. The van der Waals surface area contributed by atoms with E-state index in [4.69, 9.17) is 4.42 Å². The van der Waals surface area contributed by atoms with E-state index in [1.54, 1.807) is 17.5 Å². The van der Waals surface area contributed by atoms with Crippen molar-refractivity contribution in [2.45, 2.75) is 32.9 Å². The highest BCUT2D eigenvalue weighted by Crippen LogP contribution is 2.26. The van der Waals surface area contributed by atoms with Crippen molar-refractivity contribution < 1.29 is 4.42 Å². The molecule has 1 unspecified atom stereocenters. The van der Waals surface area contributed by atoms with Gasteiger partial charge >= 0.3 is 0 Å². The summed E-state index contributed by atoms with van der Waals surface area (Å²) >= 11 is 1.73. The van der Waals surface area contributed by atoms with Gasteiger partial charge in [0.15, 0.2) is 0 Å². The predicted octanol–water partition coefficient (Wildman–Crippen LogP) is 3.70. The molecule has 5 heteroatoms. The molecule has 0 aliphatic heterocycles. The number of nitrogens with one attached hydrogen (secondary N) is 1. The lowest BCUT2D eigenvalue weighted by molar-refractivity contribution is 0.424. The van der Waals surface area contributed by atoms with Crippen molar-refractivity contribution in [1.82, 2.24) is 15.3 Å². The highest BCUT2D eigenvalue weighted by Gasteiger charge is 2.12. The van der Waals surface area contributed by atoms with Crippen molar-refractivity contribution in [1.29, 1.82) is 0 Å². The first kappa shape index (κ1) is 13.3. The number of nitrogens with zero attached hydrogens (tertiary/aromatic N) is 2. The molecule has 3 aromatic rings. The molecule has 2 aromatic heterocycles. The van der Waals surface area contributed by atoms with E-state index >= 15 is 0 Å². The van der Waals surface area contributed by atoms with Gasteiger partial charge in [0.05, 0.1) is 29.0 Å². The molecule has 104 valence electrons. The van der Waals surface area contributed by atoms with Crippen LogP contribution in [0.1, 0.15) is 36.5 Å². The maximum Gasteiger partial charge on any atom is 0.208 e. The number of aromatic nitrogens is 2. The van der Waals surface area contributed by atoms with Gasteiger partial charge in [0.1, 0.15) is 10.8 Å². The number of aryl methyl sites for hydroxylation is 1. The summed E-state index contributed by atoms with van der Waals surface area (Å²) in [7, 11) is 0. The predicted molar refractivity (Wildman–Crippen MR) is 80.8 cm³/mol. The third-order valence-electron chi connectivity index (χ3n) is 3.19. The molecule has 0 spiro atoms. The fourth-order valence-electron chi connectivity index (χ4n) is 2.00. The number of hydrogen-bond acceptors (Lipinski definition) is 5. The molecule has 1 aromatic carbocycles.